The Morgan fingerprint density at radius 1 is 1.23 bits per heavy atom. The molecule has 30 heavy (non-hydrogen) atoms. The lowest BCUT2D eigenvalue weighted by Gasteiger charge is -2.08. The quantitative estimate of drug-likeness (QED) is 0.247. The van der Waals surface area contributed by atoms with Crippen LogP contribution in [0.3, 0.4) is 0 Å². The van der Waals surface area contributed by atoms with E-state index in [-0.39, 0.29) is 11.3 Å². The van der Waals surface area contributed by atoms with Crippen molar-refractivity contribution >= 4 is 35.0 Å². The van der Waals surface area contributed by atoms with Crippen molar-refractivity contribution in [2.24, 2.45) is 0 Å². The van der Waals surface area contributed by atoms with E-state index in [1.165, 1.54) is 18.2 Å². The van der Waals surface area contributed by atoms with Gasteiger partial charge in [0.15, 0.2) is 0 Å². The van der Waals surface area contributed by atoms with Gasteiger partial charge in [-0.05, 0) is 55.3 Å². The number of hydrogen-bond donors (Lipinski definition) is 1. The largest absolute Gasteiger partial charge is 0.457 e. The van der Waals surface area contributed by atoms with Crippen molar-refractivity contribution in [3.63, 3.8) is 0 Å². The van der Waals surface area contributed by atoms with E-state index in [4.69, 9.17) is 16.0 Å². The number of furan rings is 1. The van der Waals surface area contributed by atoms with E-state index in [0.717, 1.165) is 0 Å². The highest BCUT2D eigenvalue weighted by Gasteiger charge is 2.15. The Morgan fingerprint density at radius 3 is 2.67 bits per heavy atom. The van der Waals surface area contributed by atoms with Gasteiger partial charge in [0.2, 0.25) is 0 Å². The molecule has 0 saturated heterocycles. The molecular formula is C22H16ClN3O4. The second-order valence-electron chi connectivity index (χ2n) is 6.49. The Hall–Kier alpha value is -3.89. The molecule has 0 fully saturated rings. The number of non-ortho nitro benzene ring substituents is 1. The molecule has 2 aromatic carbocycles. The van der Waals surface area contributed by atoms with Gasteiger partial charge in [0.05, 0.1) is 4.92 Å². The second kappa shape index (κ2) is 8.64. The molecule has 1 heterocycles. The van der Waals surface area contributed by atoms with Crippen molar-refractivity contribution < 1.29 is 14.1 Å². The van der Waals surface area contributed by atoms with Crippen molar-refractivity contribution in [2.45, 2.75) is 13.8 Å². The lowest BCUT2D eigenvalue weighted by molar-refractivity contribution is -0.384. The van der Waals surface area contributed by atoms with Crippen molar-refractivity contribution in [3.05, 3.63) is 86.1 Å². The van der Waals surface area contributed by atoms with Gasteiger partial charge >= 0.3 is 0 Å². The fourth-order valence-electron chi connectivity index (χ4n) is 2.84. The van der Waals surface area contributed by atoms with Gasteiger partial charge in [-0.2, -0.15) is 5.26 Å². The molecule has 0 bridgehead atoms. The number of halogens is 1. The average Bonchev–Trinajstić information content (AvgIpc) is 3.17. The predicted molar refractivity (Wildman–Crippen MR) is 114 cm³/mol. The Kier molecular flexibility index (Phi) is 6.00. The van der Waals surface area contributed by atoms with Gasteiger partial charge in [0.25, 0.3) is 11.6 Å². The zero-order valence-corrected chi connectivity index (χ0v) is 16.9. The molecule has 3 aromatic rings. The smallest absolute Gasteiger partial charge is 0.269 e. The van der Waals surface area contributed by atoms with E-state index in [1.54, 1.807) is 50.2 Å². The molecule has 0 atom stereocenters. The third-order valence-electron chi connectivity index (χ3n) is 4.48. The van der Waals surface area contributed by atoms with Crippen LogP contribution in [0.15, 0.2) is 58.5 Å². The molecule has 0 aliphatic heterocycles. The minimum Gasteiger partial charge on any atom is -0.457 e. The SMILES string of the molecule is Cc1cc([N+](=O)[O-])ccc1-c1ccc(/C=C(\C#N)C(=O)Nc2cccc(Cl)c2C)o1. The lowest BCUT2D eigenvalue weighted by atomic mass is 10.1. The van der Waals surface area contributed by atoms with Crippen LogP contribution in [0.5, 0.6) is 0 Å². The summed E-state index contributed by atoms with van der Waals surface area (Å²) in [6, 6.07) is 14.7. The van der Waals surface area contributed by atoms with Gasteiger partial charge in [0, 0.05) is 34.5 Å². The normalized spacial score (nSPS) is 11.1. The first-order chi connectivity index (χ1) is 14.3. The van der Waals surface area contributed by atoms with E-state index in [0.29, 0.717) is 38.9 Å². The van der Waals surface area contributed by atoms with Gasteiger partial charge in [-0.15, -0.1) is 0 Å². The van der Waals surface area contributed by atoms with Crippen LogP contribution < -0.4 is 5.32 Å². The maximum Gasteiger partial charge on any atom is 0.269 e. The highest BCUT2D eigenvalue weighted by molar-refractivity contribution is 6.31. The van der Waals surface area contributed by atoms with Crippen LogP contribution in [-0.2, 0) is 4.79 Å². The van der Waals surface area contributed by atoms with Crippen molar-refractivity contribution in [1.29, 1.82) is 5.26 Å². The topological polar surface area (TPSA) is 109 Å². The van der Waals surface area contributed by atoms with E-state index in [1.807, 2.05) is 6.07 Å². The number of benzene rings is 2. The molecule has 1 aromatic heterocycles. The van der Waals surface area contributed by atoms with E-state index in [2.05, 4.69) is 5.32 Å². The first kappa shape index (κ1) is 20.8. The number of amides is 1. The number of nitro groups is 1. The number of anilines is 1. The zero-order chi connectivity index (χ0) is 21.8. The van der Waals surface area contributed by atoms with Crippen molar-refractivity contribution in [1.82, 2.24) is 0 Å². The number of rotatable bonds is 5. The summed E-state index contributed by atoms with van der Waals surface area (Å²) in [5, 5.41) is 23.5. The summed E-state index contributed by atoms with van der Waals surface area (Å²) in [4.78, 5) is 22.9. The summed E-state index contributed by atoms with van der Waals surface area (Å²) in [7, 11) is 0. The van der Waals surface area contributed by atoms with E-state index in [9.17, 15) is 20.2 Å². The van der Waals surface area contributed by atoms with Crippen LogP contribution in [0.1, 0.15) is 16.9 Å². The van der Waals surface area contributed by atoms with Gasteiger partial charge in [-0.25, -0.2) is 0 Å². The maximum absolute atomic E-state index is 12.5. The van der Waals surface area contributed by atoms with E-state index < -0.39 is 10.8 Å². The highest BCUT2D eigenvalue weighted by Crippen LogP contribution is 2.29. The van der Waals surface area contributed by atoms with Crippen LogP contribution in [-0.4, -0.2) is 10.8 Å². The number of nitro benzene ring substituents is 1. The molecule has 1 amide bonds. The number of nitrogens with one attached hydrogen (secondary N) is 1. The Morgan fingerprint density at radius 2 is 2.00 bits per heavy atom. The van der Waals surface area contributed by atoms with Crippen LogP contribution in [0.4, 0.5) is 11.4 Å². The molecule has 0 aliphatic carbocycles. The summed E-state index contributed by atoms with van der Waals surface area (Å²) >= 11 is 6.06. The van der Waals surface area contributed by atoms with E-state index >= 15 is 0 Å². The molecule has 3 rings (SSSR count). The Balaban J connectivity index is 1.85. The number of carbonyl (C=O) groups excluding carboxylic acids is 1. The van der Waals surface area contributed by atoms with Crippen LogP contribution in [0.25, 0.3) is 17.4 Å². The first-order valence-corrected chi connectivity index (χ1v) is 9.21. The second-order valence-corrected chi connectivity index (χ2v) is 6.90. The molecule has 7 nitrogen and oxygen atoms in total. The molecule has 0 spiro atoms. The Labute approximate surface area is 177 Å². The molecule has 150 valence electrons. The minimum atomic E-state index is -0.590. The monoisotopic (exact) mass is 421 g/mol. The number of hydrogen-bond acceptors (Lipinski definition) is 5. The Bertz CT molecular complexity index is 1220. The fraction of sp³-hybridized carbons (Fsp3) is 0.0909. The number of nitrogens with zero attached hydrogens (tertiary/aromatic N) is 2. The summed E-state index contributed by atoms with van der Waals surface area (Å²) in [6.45, 7) is 3.50. The molecular weight excluding hydrogens is 406 g/mol. The fourth-order valence-corrected chi connectivity index (χ4v) is 3.01. The first-order valence-electron chi connectivity index (χ1n) is 8.83. The number of aryl methyl sites for hydroxylation is 1. The predicted octanol–water partition coefficient (Wildman–Crippen LogP) is 5.67. The van der Waals surface area contributed by atoms with Crippen molar-refractivity contribution in [2.75, 3.05) is 5.32 Å². The summed E-state index contributed by atoms with van der Waals surface area (Å²) < 4.78 is 5.73. The summed E-state index contributed by atoms with van der Waals surface area (Å²) in [6.07, 6.45) is 1.33. The molecule has 0 saturated carbocycles. The van der Waals surface area contributed by atoms with Crippen LogP contribution >= 0.6 is 11.6 Å². The van der Waals surface area contributed by atoms with Crippen molar-refractivity contribution in [3.8, 4) is 17.4 Å². The lowest BCUT2D eigenvalue weighted by Crippen LogP contribution is -2.14. The van der Waals surface area contributed by atoms with Gasteiger partial charge in [-0.1, -0.05) is 17.7 Å². The standard InChI is InChI=1S/C22H16ClN3O4/c1-13-10-16(26(28)29)6-8-18(13)21-9-7-17(30-21)11-15(12-24)22(27)25-20-5-3-4-19(23)14(20)2/h3-11H,1-2H3,(H,25,27)/b15-11+. The number of nitriles is 1. The third-order valence-corrected chi connectivity index (χ3v) is 4.89. The average molecular weight is 422 g/mol. The van der Waals surface area contributed by atoms with Crippen LogP contribution in [0.2, 0.25) is 5.02 Å². The molecule has 0 radical (unpaired) electrons. The summed E-state index contributed by atoms with van der Waals surface area (Å²) in [5.41, 5.74) is 2.40. The van der Waals surface area contributed by atoms with Gasteiger partial charge in [-0.3, -0.25) is 14.9 Å². The van der Waals surface area contributed by atoms with Crippen LogP contribution in [0, 0.1) is 35.3 Å². The van der Waals surface area contributed by atoms with Gasteiger partial charge < -0.3 is 9.73 Å². The maximum atomic E-state index is 12.5. The molecule has 0 aliphatic rings. The zero-order valence-electron chi connectivity index (χ0n) is 16.1. The molecule has 0 unspecified atom stereocenters. The molecule has 8 heteroatoms. The minimum absolute atomic E-state index is 0.0114. The molecule has 1 N–H and O–H groups in total. The summed E-state index contributed by atoms with van der Waals surface area (Å²) in [5.74, 6) is 0.182. The highest BCUT2D eigenvalue weighted by atomic mass is 35.5. The van der Waals surface area contributed by atoms with Gasteiger partial charge in [0.1, 0.15) is 23.2 Å². The number of carbonyl (C=O) groups is 1. The third kappa shape index (κ3) is 4.40.